The Kier molecular flexibility index (Phi) is 4.70. The molecular formula is C15H17NO4S. The zero-order valence-corrected chi connectivity index (χ0v) is 12.7. The molecule has 0 amide bonds. The molecule has 0 heterocycles. The molecule has 0 aliphatic rings. The van der Waals surface area contributed by atoms with Crippen LogP contribution >= 0.6 is 0 Å². The van der Waals surface area contributed by atoms with Crippen LogP contribution in [0.5, 0.6) is 11.5 Å². The Balaban J connectivity index is 2.33. The normalized spacial score (nSPS) is 11.0. The Bertz CT molecular complexity index is 713. The SMILES string of the molecule is CCOc1ccccc1NS(=O)(=O)c1cccc(OC)c1. The van der Waals surface area contributed by atoms with Crippen LogP contribution in [0.1, 0.15) is 6.92 Å². The predicted molar refractivity (Wildman–Crippen MR) is 81.4 cm³/mol. The van der Waals surface area contributed by atoms with Gasteiger partial charge in [-0.25, -0.2) is 8.42 Å². The molecule has 6 heteroatoms. The van der Waals surface area contributed by atoms with Gasteiger partial charge in [0, 0.05) is 6.07 Å². The Morgan fingerprint density at radius 3 is 2.57 bits per heavy atom. The molecule has 0 radical (unpaired) electrons. The van der Waals surface area contributed by atoms with Gasteiger partial charge in [-0.05, 0) is 31.2 Å². The first-order chi connectivity index (χ1) is 10.1. The van der Waals surface area contributed by atoms with Crippen molar-refractivity contribution < 1.29 is 17.9 Å². The Hall–Kier alpha value is -2.21. The molecule has 0 saturated heterocycles. The van der Waals surface area contributed by atoms with Gasteiger partial charge in [-0.15, -0.1) is 0 Å². The second-order valence-corrected chi connectivity index (χ2v) is 5.90. The minimum atomic E-state index is -3.70. The minimum Gasteiger partial charge on any atom is -0.497 e. The number of benzene rings is 2. The van der Waals surface area contributed by atoms with E-state index in [-0.39, 0.29) is 4.90 Å². The smallest absolute Gasteiger partial charge is 0.262 e. The number of rotatable bonds is 6. The Labute approximate surface area is 124 Å². The van der Waals surface area contributed by atoms with Crippen molar-refractivity contribution in [3.8, 4) is 11.5 Å². The largest absolute Gasteiger partial charge is 0.497 e. The third-order valence-corrected chi connectivity index (χ3v) is 4.15. The van der Waals surface area contributed by atoms with Crippen molar-refractivity contribution in [1.29, 1.82) is 0 Å². The summed E-state index contributed by atoms with van der Waals surface area (Å²) in [6, 6.07) is 13.2. The lowest BCUT2D eigenvalue weighted by molar-refractivity contribution is 0.342. The molecule has 0 saturated carbocycles. The molecule has 21 heavy (non-hydrogen) atoms. The molecule has 2 rings (SSSR count). The maximum atomic E-state index is 12.4. The predicted octanol–water partition coefficient (Wildman–Crippen LogP) is 2.89. The van der Waals surface area contributed by atoms with Crippen LogP contribution in [0, 0.1) is 0 Å². The zero-order valence-electron chi connectivity index (χ0n) is 11.9. The third kappa shape index (κ3) is 3.66. The lowest BCUT2D eigenvalue weighted by Gasteiger charge is -2.13. The zero-order chi connectivity index (χ0) is 15.3. The molecule has 2 aromatic carbocycles. The van der Waals surface area contributed by atoms with E-state index in [0.29, 0.717) is 23.8 Å². The Morgan fingerprint density at radius 2 is 1.86 bits per heavy atom. The molecule has 112 valence electrons. The number of anilines is 1. The number of sulfonamides is 1. The quantitative estimate of drug-likeness (QED) is 0.891. The van der Waals surface area contributed by atoms with Crippen molar-refractivity contribution in [1.82, 2.24) is 0 Å². The van der Waals surface area contributed by atoms with Gasteiger partial charge < -0.3 is 9.47 Å². The van der Waals surface area contributed by atoms with E-state index in [9.17, 15) is 8.42 Å². The van der Waals surface area contributed by atoms with Gasteiger partial charge in [0.1, 0.15) is 11.5 Å². The molecule has 5 nitrogen and oxygen atoms in total. The fourth-order valence-corrected chi connectivity index (χ4v) is 2.91. The molecule has 0 aliphatic carbocycles. The van der Waals surface area contributed by atoms with E-state index in [1.807, 2.05) is 6.92 Å². The average Bonchev–Trinajstić information content (AvgIpc) is 2.49. The first-order valence-corrected chi connectivity index (χ1v) is 7.94. The summed E-state index contributed by atoms with van der Waals surface area (Å²) in [7, 11) is -2.21. The van der Waals surface area contributed by atoms with Crippen molar-refractivity contribution in [2.24, 2.45) is 0 Å². The standard InChI is InChI=1S/C15H17NO4S/c1-3-20-15-10-5-4-9-14(15)16-21(17,18)13-8-6-7-12(11-13)19-2/h4-11,16H,3H2,1-2H3. The fourth-order valence-electron chi connectivity index (χ4n) is 1.80. The van der Waals surface area contributed by atoms with E-state index < -0.39 is 10.0 Å². The number of nitrogens with one attached hydrogen (secondary N) is 1. The van der Waals surface area contributed by atoms with E-state index in [2.05, 4.69) is 4.72 Å². The van der Waals surface area contributed by atoms with Crippen molar-refractivity contribution in [2.75, 3.05) is 18.4 Å². The maximum absolute atomic E-state index is 12.4. The number of hydrogen-bond donors (Lipinski definition) is 1. The highest BCUT2D eigenvalue weighted by molar-refractivity contribution is 7.92. The molecule has 2 aromatic rings. The Morgan fingerprint density at radius 1 is 1.10 bits per heavy atom. The van der Waals surface area contributed by atoms with Gasteiger partial charge in [-0.1, -0.05) is 18.2 Å². The second kappa shape index (κ2) is 6.49. The summed E-state index contributed by atoms with van der Waals surface area (Å²) in [4.78, 5) is 0.133. The van der Waals surface area contributed by atoms with Crippen molar-refractivity contribution >= 4 is 15.7 Å². The second-order valence-electron chi connectivity index (χ2n) is 4.21. The molecule has 0 aliphatic heterocycles. The van der Waals surface area contributed by atoms with Crippen LogP contribution in [0.3, 0.4) is 0 Å². The van der Waals surface area contributed by atoms with Gasteiger partial charge in [0.2, 0.25) is 0 Å². The van der Waals surface area contributed by atoms with Gasteiger partial charge in [-0.2, -0.15) is 0 Å². The summed E-state index contributed by atoms with van der Waals surface area (Å²) >= 11 is 0. The summed E-state index contributed by atoms with van der Waals surface area (Å²) in [5, 5.41) is 0. The molecule has 0 unspecified atom stereocenters. The van der Waals surface area contributed by atoms with Crippen LogP contribution in [0.4, 0.5) is 5.69 Å². The minimum absolute atomic E-state index is 0.133. The van der Waals surface area contributed by atoms with Crippen LogP contribution < -0.4 is 14.2 Å². The van der Waals surface area contributed by atoms with E-state index in [0.717, 1.165) is 0 Å². The van der Waals surface area contributed by atoms with Gasteiger partial charge in [0.15, 0.2) is 0 Å². The monoisotopic (exact) mass is 307 g/mol. The molecular weight excluding hydrogens is 290 g/mol. The van der Waals surface area contributed by atoms with E-state index >= 15 is 0 Å². The van der Waals surface area contributed by atoms with E-state index in [4.69, 9.17) is 9.47 Å². The first kappa shape index (κ1) is 15.2. The molecule has 0 atom stereocenters. The highest BCUT2D eigenvalue weighted by Gasteiger charge is 2.17. The van der Waals surface area contributed by atoms with E-state index in [1.54, 1.807) is 36.4 Å². The van der Waals surface area contributed by atoms with Crippen molar-refractivity contribution in [3.63, 3.8) is 0 Å². The van der Waals surface area contributed by atoms with Crippen LogP contribution in [0.25, 0.3) is 0 Å². The average molecular weight is 307 g/mol. The summed E-state index contributed by atoms with van der Waals surface area (Å²) < 4.78 is 37.8. The van der Waals surface area contributed by atoms with Crippen LogP contribution in [0.15, 0.2) is 53.4 Å². The molecule has 0 spiro atoms. The number of methoxy groups -OCH3 is 1. The summed E-state index contributed by atoms with van der Waals surface area (Å²) in [5.41, 5.74) is 0.405. The van der Waals surface area contributed by atoms with E-state index in [1.165, 1.54) is 19.2 Å². The highest BCUT2D eigenvalue weighted by atomic mass is 32.2. The van der Waals surface area contributed by atoms with Gasteiger partial charge in [0.05, 0.1) is 24.3 Å². The lowest BCUT2D eigenvalue weighted by Crippen LogP contribution is -2.14. The van der Waals surface area contributed by atoms with Crippen molar-refractivity contribution in [2.45, 2.75) is 11.8 Å². The number of hydrogen-bond acceptors (Lipinski definition) is 4. The van der Waals surface area contributed by atoms with Crippen LogP contribution in [0.2, 0.25) is 0 Å². The molecule has 0 aromatic heterocycles. The van der Waals surface area contributed by atoms with Gasteiger partial charge in [-0.3, -0.25) is 4.72 Å². The van der Waals surface area contributed by atoms with Crippen molar-refractivity contribution in [3.05, 3.63) is 48.5 Å². The maximum Gasteiger partial charge on any atom is 0.262 e. The number of ether oxygens (including phenoxy) is 2. The third-order valence-electron chi connectivity index (χ3n) is 2.78. The van der Waals surface area contributed by atoms with Crippen LogP contribution in [-0.2, 0) is 10.0 Å². The topological polar surface area (TPSA) is 64.6 Å². The first-order valence-electron chi connectivity index (χ1n) is 6.45. The fraction of sp³-hybridized carbons (Fsp3) is 0.200. The summed E-state index contributed by atoms with van der Waals surface area (Å²) in [6.07, 6.45) is 0. The highest BCUT2D eigenvalue weighted by Crippen LogP contribution is 2.27. The van der Waals surface area contributed by atoms with Crippen LogP contribution in [-0.4, -0.2) is 22.1 Å². The van der Waals surface area contributed by atoms with Gasteiger partial charge >= 0.3 is 0 Å². The molecule has 1 N–H and O–H groups in total. The summed E-state index contributed by atoms with van der Waals surface area (Å²) in [6.45, 7) is 2.30. The molecule has 0 fully saturated rings. The lowest BCUT2D eigenvalue weighted by atomic mass is 10.3. The molecule has 0 bridgehead atoms. The van der Waals surface area contributed by atoms with Gasteiger partial charge in [0.25, 0.3) is 10.0 Å². The number of para-hydroxylation sites is 2. The summed E-state index contributed by atoms with van der Waals surface area (Å²) in [5.74, 6) is 0.974.